The zero-order valence-corrected chi connectivity index (χ0v) is 21.4. The Labute approximate surface area is 207 Å². The van der Waals surface area contributed by atoms with Gasteiger partial charge in [-0.3, -0.25) is 20.3 Å². The molecular formula is C24H42N6O3S. The molecule has 0 aromatic rings. The summed E-state index contributed by atoms with van der Waals surface area (Å²) in [5, 5.41) is 12.8. The quantitative estimate of drug-likeness (QED) is 0.420. The monoisotopic (exact) mass is 494 g/mol. The predicted molar refractivity (Wildman–Crippen MR) is 133 cm³/mol. The number of nitrogens with one attached hydrogen (secondary N) is 4. The van der Waals surface area contributed by atoms with Crippen LogP contribution in [0, 0.1) is 17.8 Å². The van der Waals surface area contributed by atoms with Gasteiger partial charge in [0.15, 0.2) is 0 Å². The number of hydrogen-bond donors (Lipinski definition) is 4. The number of thioether (sulfide) groups is 1. The highest BCUT2D eigenvalue weighted by Crippen LogP contribution is 2.40. The van der Waals surface area contributed by atoms with Crippen molar-refractivity contribution in [1.82, 2.24) is 31.3 Å². The number of amides is 2. The molecule has 5 fully saturated rings. The van der Waals surface area contributed by atoms with Crippen molar-refractivity contribution in [3.05, 3.63) is 0 Å². The first-order valence-electron chi connectivity index (χ1n) is 13.3. The van der Waals surface area contributed by atoms with E-state index in [2.05, 4.69) is 28.3 Å². The number of carbonyl (C=O) groups excluding carboxylic acids is 2. The average Bonchev–Trinajstić information content (AvgIpc) is 3.56. The minimum absolute atomic E-state index is 0.0224. The molecule has 0 aromatic heterocycles. The molecular weight excluding hydrogens is 452 g/mol. The van der Waals surface area contributed by atoms with Gasteiger partial charge in [0.25, 0.3) is 0 Å². The van der Waals surface area contributed by atoms with Gasteiger partial charge in [-0.1, -0.05) is 12.8 Å². The molecule has 4 N–H and O–H groups in total. The first-order valence-corrected chi connectivity index (χ1v) is 14.2. The van der Waals surface area contributed by atoms with Crippen molar-refractivity contribution in [2.45, 2.75) is 74.4 Å². The fraction of sp³-hybridized carbons (Fsp3) is 0.917. The number of methoxy groups -OCH3 is 1. The van der Waals surface area contributed by atoms with E-state index in [1.165, 1.54) is 12.8 Å². The number of likely N-dealkylation sites (tertiary alicyclic amines) is 1. The Hall–Kier alpha value is -0.910. The third kappa shape index (κ3) is 5.42. The Balaban J connectivity index is 1.14. The smallest absolute Gasteiger partial charge is 0.238 e. The van der Waals surface area contributed by atoms with Gasteiger partial charge in [0, 0.05) is 57.2 Å². The third-order valence-electron chi connectivity index (χ3n) is 8.61. The lowest BCUT2D eigenvalue weighted by atomic mass is 9.68. The zero-order chi connectivity index (χ0) is 23.7. The minimum atomic E-state index is -0.0791. The van der Waals surface area contributed by atoms with E-state index >= 15 is 0 Å². The van der Waals surface area contributed by atoms with Crippen molar-refractivity contribution in [3.63, 3.8) is 0 Å². The van der Waals surface area contributed by atoms with Crippen LogP contribution in [0.1, 0.15) is 45.4 Å². The van der Waals surface area contributed by atoms with Crippen LogP contribution < -0.4 is 21.4 Å². The number of rotatable bonds is 6. The van der Waals surface area contributed by atoms with E-state index in [0.717, 1.165) is 58.4 Å². The molecule has 4 heterocycles. The summed E-state index contributed by atoms with van der Waals surface area (Å²) in [5.74, 6) is 1.15. The van der Waals surface area contributed by atoms with E-state index in [-0.39, 0.29) is 35.4 Å². The Bertz CT molecular complexity index is 723. The summed E-state index contributed by atoms with van der Waals surface area (Å²) in [4.78, 5) is 28.1. The highest BCUT2D eigenvalue weighted by atomic mass is 32.2. The van der Waals surface area contributed by atoms with Gasteiger partial charge < -0.3 is 20.3 Å². The highest BCUT2D eigenvalue weighted by Gasteiger charge is 2.46. The molecule has 8 atom stereocenters. The third-order valence-corrected chi connectivity index (χ3v) is 9.96. The molecule has 34 heavy (non-hydrogen) atoms. The highest BCUT2D eigenvalue weighted by molar-refractivity contribution is 8.00. The molecule has 9 nitrogen and oxygen atoms in total. The molecule has 0 radical (unpaired) electrons. The Morgan fingerprint density at radius 3 is 2.76 bits per heavy atom. The van der Waals surface area contributed by atoms with Crippen molar-refractivity contribution in [2.75, 3.05) is 46.4 Å². The standard InChI is InChI=1S/C24H42N6O3S/c1-15-10-17(16-6-3-4-7-20(16)33-2)18(11-25-15)23(32)28-24-27-19-12-29(13-21(19)34-24)22(31)14-30-9-5-8-26-30/h15-21,24-27H,3-14H2,1-2H3,(H,28,32). The van der Waals surface area contributed by atoms with E-state index in [0.29, 0.717) is 29.7 Å². The van der Waals surface area contributed by atoms with E-state index in [4.69, 9.17) is 4.74 Å². The molecule has 0 spiro atoms. The van der Waals surface area contributed by atoms with E-state index in [9.17, 15) is 9.59 Å². The Kier molecular flexibility index (Phi) is 8.02. The van der Waals surface area contributed by atoms with E-state index in [1.807, 2.05) is 17.0 Å². The average molecular weight is 495 g/mol. The lowest BCUT2D eigenvalue weighted by Gasteiger charge is -2.44. The molecule has 4 aliphatic heterocycles. The summed E-state index contributed by atoms with van der Waals surface area (Å²) in [6, 6.07) is 0.674. The lowest BCUT2D eigenvalue weighted by molar-refractivity contribution is -0.132. The number of carbonyl (C=O) groups is 2. The molecule has 10 heteroatoms. The zero-order valence-electron chi connectivity index (χ0n) is 20.6. The van der Waals surface area contributed by atoms with Crippen molar-refractivity contribution >= 4 is 23.6 Å². The Morgan fingerprint density at radius 1 is 1.15 bits per heavy atom. The molecule has 5 aliphatic rings. The number of hydrazine groups is 1. The molecule has 1 saturated carbocycles. The number of hydrogen-bond acceptors (Lipinski definition) is 8. The lowest BCUT2D eigenvalue weighted by Crippen LogP contribution is -2.55. The van der Waals surface area contributed by atoms with Gasteiger partial charge in [-0.15, -0.1) is 11.8 Å². The molecule has 1 aliphatic carbocycles. The van der Waals surface area contributed by atoms with Gasteiger partial charge in [0.1, 0.15) is 5.50 Å². The number of ether oxygens (including phenoxy) is 1. The molecule has 5 rings (SSSR count). The van der Waals surface area contributed by atoms with Crippen molar-refractivity contribution < 1.29 is 14.3 Å². The SMILES string of the molecule is COC1CCCCC1C1CC(C)NCC1C(=O)NC1NC2CN(C(=O)CN3CCCN3)CC2S1. The van der Waals surface area contributed by atoms with Gasteiger partial charge in [-0.05, 0) is 44.4 Å². The topological polar surface area (TPSA) is 98.0 Å². The molecule has 192 valence electrons. The van der Waals surface area contributed by atoms with Crippen molar-refractivity contribution in [1.29, 1.82) is 0 Å². The largest absolute Gasteiger partial charge is 0.381 e. The van der Waals surface area contributed by atoms with Gasteiger partial charge in [-0.2, -0.15) is 0 Å². The molecule has 4 saturated heterocycles. The Morgan fingerprint density at radius 2 is 2.00 bits per heavy atom. The maximum atomic E-state index is 13.5. The van der Waals surface area contributed by atoms with Crippen LogP contribution in [0.2, 0.25) is 0 Å². The second kappa shape index (κ2) is 11.0. The van der Waals surface area contributed by atoms with Crippen LogP contribution in [-0.4, -0.2) is 97.0 Å². The number of piperidine rings is 1. The van der Waals surface area contributed by atoms with Crippen LogP contribution in [0.25, 0.3) is 0 Å². The fourth-order valence-corrected chi connectivity index (χ4v) is 8.19. The normalized spacial score (nSPS) is 40.9. The van der Waals surface area contributed by atoms with E-state index < -0.39 is 0 Å². The molecule has 8 unspecified atom stereocenters. The maximum absolute atomic E-state index is 13.5. The summed E-state index contributed by atoms with van der Waals surface area (Å²) in [7, 11) is 1.83. The fourth-order valence-electron chi connectivity index (χ4n) is 6.78. The number of fused-ring (bicyclic) bond motifs is 1. The first-order chi connectivity index (χ1) is 16.5. The summed E-state index contributed by atoms with van der Waals surface area (Å²) in [6.07, 6.45) is 7.15. The van der Waals surface area contributed by atoms with Crippen LogP contribution in [-0.2, 0) is 14.3 Å². The van der Waals surface area contributed by atoms with Crippen LogP contribution in [0.3, 0.4) is 0 Å². The van der Waals surface area contributed by atoms with Crippen molar-refractivity contribution in [3.8, 4) is 0 Å². The van der Waals surface area contributed by atoms with Gasteiger partial charge >= 0.3 is 0 Å². The van der Waals surface area contributed by atoms with Gasteiger partial charge in [0.2, 0.25) is 11.8 Å². The van der Waals surface area contributed by atoms with E-state index in [1.54, 1.807) is 11.8 Å². The predicted octanol–water partition coefficient (Wildman–Crippen LogP) is 0.332. The second-order valence-electron chi connectivity index (χ2n) is 10.9. The van der Waals surface area contributed by atoms with Crippen LogP contribution in [0.5, 0.6) is 0 Å². The number of nitrogens with zero attached hydrogens (tertiary/aromatic N) is 2. The summed E-state index contributed by atoms with van der Waals surface area (Å²) >= 11 is 1.77. The van der Waals surface area contributed by atoms with Crippen molar-refractivity contribution in [2.24, 2.45) is 17.8 Å². The van der Waals surface area contributed by atoms with Gasteiger partial charge in [-0.25, -0.2) is 5.01 Å². The van der Waals surface area contributed by atoms with Crippen LogP contribution in [0.15, 0.2) is 0 Å². The van der Waals surface area contributed by atoms with Crippen LogP contribution in [0.4, 0.5) is 0 Å². The summed E-state index contributed by atoms with van der Waals surface area (Å²) in [5.41, 5.74) is 3.18. The molecule has 0 aromatic carbocycles. The first kappa shape index (κ1) is 24.8. The second-order valence-corrected chi connectivity index (χ2v) is 12.2. The maximum Gasteiger partial charge on any atom is 0.238 e. The summed E-state index contributed by atoms with van der Waals surface area (Å²) < 4.78 is 5.87. The minimum Gasteiger partial charge on any atom is -0.381 e. The molecule has 0 bridgehead atoms. The molecule has 2 amide bonds. The summed E-state index contributed by atoms with van der Waals surface area (Å²) in [6.45, 7) is 6.79. The van der Waals surface area contributed by atoms with Crippen LogP contribution >= 0.6 is 11.8 Å². The van der Waals surface area contributed by atoms with Gasteiger partial charge in [0.05, 0.1) is 18.6 Å².